The predicted molar refractivity (Wildman–Crippen MR) is 44.8 cm³/mol. The molecular weight excluding hydrogens is 110 g/mol. The average Bonchev–Trinajstić information content (AvgIpc) is 1.84. The van der Waals surface area contributed by atoms with Gasteiger partial charge in [-0.05, 0) is 19.4 Å². The zero-order valence-electron chi connectivity index (χ0n) is 6.91. The largest absolute Gasteiger partial charge is 0.314 e. The summed E-state index contributed by atoms with van der Waals surface area (Å²) in [6, 6.07) is 0.880. The van der Waals surface area contributed by atoms with Gasteiger partial charge in [0.05, 0.1) is 0 Å². The van der Waals surface area contributed by atoms with Crippen molar-refractivity contribution in [3.63, 3.8) is 0 Å². The molecule has 0 aromatic rings. The summed E-state index contributed by atoms with van der Waals surface area (Å²) in [5.74, 6) is 0. The van der Waals surface area contributed by atoms with Gasteiger partial charge in [-0.2, -0.15) is 0 Å². The molecule has 1 aliphatic carbocycles. The summed E-state index contributed by atoms with van der Waals surface area (Å²) in [4.78, 5) is 0. The minimum Gasteiger partial charge on any atom is -0.314 e. The molecule has 0 unspecified atom stereocenters. The lowest BCUT2D eigenvalue weighted by molar-refractivity contribution is 0.346. The van der Waals surface area contributed by atoms with Gasteiger partial charge >= 0.3 is 0 Å². The second-order valence-electron chi connectivity index (χ2n) is 2.19. The van der Waals surface area contributed by atoms with E-state index in [0.717, 1.165) is 12.6 Å². The Hall–Kier alpha value is -0.0400. The van der Waals surface area contributed by atoms with Gasteiger partial charge in [0.15, 0.2) is 0 Å². The van der Waals surface area contributed by atoms with Crippen molar-refractivity contribution in [3.8, 4) is 0 Å². The standard InChI is InChI=1S/C6H13N.C2H6.H2/c1-2-7-6-4-3-5-6;1-2;/h6-7H,2-5H2,1H3;1-2H3;1H. The minimum atomic E-state index is 0. The first-order valence-corrected chi connectivity index (χ1v) is 4.17. The van der Waals surface area contributed by atoms with E-state index in [1.165, 1.54) is 19.3 Å². The summed E-state index contributed by atoms with van der Waals surface area (Å²) in [5.41, 5.74) is 0. The first-order valence-electron chi connectivity index (χ1n) is 4.17. The van der Waals surface area contributed by atoms with Crippen molar-refractivity contribution in [2.45, 2.75) is 46.1 Å². The Morgan fingerprint density at radius 1 is 1.44 bits per heavy atom. The van der Waals surface area contributed by atoms with Crippen LogP contribution in [0, 0.1) is 0 Å². The molecular formula is C8H21N. The molecule has 0 aromatic heterocycles. The van der Waals surface area contributed by atoms with Crippen LogP contribution < -0.4 is 5.32 Å². The van der Waals surface area contributed by atoms with Crippen molar-refractivity contribution < 1.29 is 1.43 Å². The zero-order valence-corrected chi connectivity index (χ0v) is 6.91. The highest BCUT2D eigenvalue weighted by atomic mass is 14.9. The lowest BCUT2D eigenvalue weighted by Gasteiger charge is -2.25. The van der Waals surface area contributed by atoms with Crippen molar-refractivity contribution in [1.29, 1.82) is 0 Å². The number of hydrogen-bond acceptors (Lipinski definition) is 1. The Morgan fingerprint density at radius 2 is 2.00 bits per heavy atom. The third kappa shape index (κ3) is 3.52. The van der Waals surface area contributed by atoms with Gasteiger partial charge in [0, 0.05) is 7.47 Å². The Morgan fingerprint density at radius 3 is 2.11 bits per heavy atom. The molecule has 0 aliphatic heterocycles. The smallest absolute Gasteiger partial charge is 0.00669 e. The Balaban J connectivity index is 0. The van der Waals surface area contributed by atoms with Crippen molar-refractivity contribution >= 4 is 0 Å². The summed E-state index contributed by atoms with van der Waals surface area (Å²) in [6.07, 6.45) is 4.26. The number of hydrogen-bond donors (Lipinski definition) is 1. The molecule has 1 fully saturated rings. The monoisotopic (exact) mass is 131 g/mol. The van der Waals surface area contributed by atoms with Gasteiger partial charge < -0.3 is 5.32 Å². The van der Waals surface area contributed by atoms with Crippen LogP contribution in [-0.4, -0.2) is 12.6 Å². The van der Waals surface area contributed by atoms with Crippen LogP contribution in [0.3, 0.4) is 0 Å². The highest BCUT2D eigenvalue weighted by Gasteiger charge is 2.14. The second-order valence-corrected chi connectivity index (χ2v) is 2.19. The summed E-state index contributed by atoms with van der Waals surface area (Å²) in [5, 5.41) is 3.38. The van der Waals surface area contributed by atoms with Crippen molar-refractivity contribution in [1.82, 2.24) is 5.32 Å². The van der Waals surface area contributed by atoms with Gasteiger partial charge in [-0.3, -0.25) is 0 Å². The molecule has 1 aliphatic rings. The van der Waals surface area contributed by atoms with E-state index in [9.17, 15) is 0 Å². The topological polar surface area (TPSA) is 12.0 Å². The van der Waals surface area contributed by atoms with E-state index in [1.54, 1.807) is 0 Å². The van der Waals surface area contributed by atoms with Gasteiger partial charge in [-0.15, -0.1) is 0 Å². The van der Waals surface area contributed by atoms with Crippen molar-refractivity contribution in [2.24, 2.45) is 0 Å². The molecule has 1 nitrogen and oxygen atoms in total. The molecule has 0 amide bonds. The van der Waals surface area contributed by atoms with Crippen LogP contribution in [-0.2, 0) is 0 Å². The van der Waals surface area contributed by atoms with Gasteiger partial charge in [0.25, 0.3) is 0 Å². The molecule has 0 bridgehead atoms. The predicted octanol–water partition coefficient (Wildman–Crippen LogP) is 2.42. The van der Waals surface area contributed by atoms with Crippen LogP contribution in [0.25, 0.3) is 0 Å². The number of rotatable bonds is 2. The molecule has 1 N–H and O–H groups in total. The van der Waals surface area contributed by atoms with Crippen LogP contribution in [0.4, 0.5) is 0 Å². The summed E-state index contributed by atoms with van der Waals surface area (Å²) >= 11 is 0. The third-order valence-electron chi connectivity index (χ3n) is 1.60. The van der Waals surface area contributed by atoms with Gasteiger partial charge in [-0.1, -0.05) is 27.2 Å². The van der Waals surface area contributed by atoms with Crippen molar-refractivity contribution in [3.05, 3.63) is 0 Å². The van der Waals surface area contributed by atoms with Gasteiger partial charge in [0.1, 0.15) is 0 Å². The van der Waals surface area contributed by atoms with E-state index in [-0.39, 0.29) is 1.43 Å². The molecule has 1 heteroatoms. The lowest BCUT2D eigenvalue weighted by Crippen LogP contribution is -2.34. The average molecular weight is 131 g/mol. The maximum Gasteiger partial charge on any atom is 0.00669 e. The molecule has 58 valence electrons. The molecule has 0 saturated heterocycles. The van der Waals surface area contributed by atoms with E-state index in [2.05, 4.69) is 12.2 Å². The highest BCUT2D eigenvalue weighted by Crippen LogP contribution is 2.17. The third-order valence-corrected chi connectivity index (χ3v) is 1.60. The molecule has 0 spiro atoms. The Labute approximate surface area is 60.3 Å². The van der Waals surface area contributed by atoms with Gasteiger partial charge in [0.2, 0.25) is 0 Å². The first kappa shape index (κ1) is 8.96. The fourth-order valence-electron chi connectivity index (χ4n) is 0.901. The van der Waals surface area contributed by atoms with E-state index < -0.39 is 0 Å². The van der Waals surface area contributed by atoms with Crippen LogP contribution in [0.2, 0.25) is 0 Å². The fraction of sp³-hybridized carbons (Fsp3) is 1.00. The van der Waals surface area contributed by atoms with Crippen LogP contribution in [0.1, 0.15) is 41.5 Å². The second kappa shape index (κ2) is 6.09. The Kier molecular flexibility index (Phi) is 6.06. The Bertz CT molecular complexity index is 53.2. The van der Waals surface area contributed by atoms with Crippen LogP contribution in [0.5, 0.6) is 0 Å². The van der Waals surface area contributed by atoms with E-state index in [1.807, 2.05) is 13.8 Å². The highest BCUT2D eigenvalue weighted by molar-refractivity contribution is 4.74. The molecule has 0 heterocycles. The summed E-state index contributed by atoms with van der Waals surface area (Å²) in [7, 11) is 0. The molecule has 9 heavy (non-hydrogen) atoms. The molecule has 1 rings (SSSR count). The van der Waals surface area contributed by atoms with E-state index in [0.29, 0.717) is 0 Å². The van der Waals surface area contributed by atoms with E-state index >= 15 is 0 Å². The zero-order chi connectivity index (χ0) is 7.11. The molecule has 0 atom stereocenters. The van der Waals surface area contributed by atoms with Crippen LogP contribution >= 0.6 is 0 Å². The fourth-order valence-corrected chi connectivity index (χ4v) is 0.901. The summed E-state index contributed by atoms with van der Waals surface area (Å²) in [6.45, 7) is 7.31. The number of nitrogens with one attached hydrogen (secondary N) is 1. The maximum atomic E-state index is 3.38. The van der Waals surface area contributed by atoms with Crippen molar-refractivity contribution in [2.75, 3.05) is 6.54 Å². The first-order chi connectivity index (χ1) is 4.43. The lowest BCUT2D eigenvalue weighted by atomic mass is 9.93. The van der Waals surface area contributed by atoms with Gasteiger partial charge in [-0.25, -0.2) is 0 Å². The summed E-state index contributed by atoms with van der Waals surface area (Å²) < 4.78 is 0. The minimum absolute atomic E-state index is 0. The molecule has 1 saturated carbocycles. The van der Waals surface area contributed by atoms with Crippen LogP contribution in [0.15, 0.2) is 0 Å². The maximum absolute atomic E-state index is 3.38. The molecule has 0 radical (unpaired) electrons. The molecule has 0 aromatic carbocycles. The SMILES string of the molecule is CC.CCNC1CCC1.[HH]. The quantitative estimate of drug-likeness (QED) is 0.607. The van der Waals surface area contributed by atoms with E-state index in [4.69, 9.17) is 0 Å². The normalized spacial score (nSPS) is 17.7.